The molecule has 1 rings (SSSR count). The van der Waals surface area contributed by atoms with Gasteiger partial charge in [0.15, 0.2) is 0 Å². The van der Waals surface area contributed by atoms with Crippen molar-refractivity contribution in [3.8, 4) is 0 Å². The standard InChI is InChI=1S/C15H19NO3/c1-11(2)15(19)16(3)10-13-6-4-5-12(9-13)7-8-14(17)18/h4-9,11H,10H2,1-3H3,(H,17,18). The Hall–Kier alpha value is -2.10. The third-order valence-electron chi connectivity index (χ3n) is 2.66. The van der Waals surface area contributed by atoms with Crippen LogP contribution >= 0.6 is 0 Å². The van der Waals surface area contributed by atoms with Crippen molar-refractivity contribution in [3.63, 3.8) is 0 Å². The highest BCUT2D eigenvalue weighted by molar-refractivity contribution is 5.85. The number of amides is 1. The van der Waals surface area contributed by atoms with Gasteiger partial charge in [-0.2, -0.15) is 0 Å². The summed E-state index contributed by atoms with van der Waals surface area (Å²) in [6.07, 6.45) is 2.64. The monoisotopic (exact) mass is 261 g/mol. The van der Waals surface area contributed by atoms with E-state index in [4.69, 9.17) is 5.11 Å². The zero-order valence-corrected chi connectivity index (χ0v) is 11.5. The quantitative estimate of drug-likeness (QED) is 0.828. The van der Waals surface area contributed by atoms with Crippen LogP contribution in [0.1, 0.15) is 25.0 Å². The number of hydrogen-bond donors (Lipinski definition) is 1. The molecule has 0 fully saturated rings. The summed E-state index contributed by atoms with van der Waals surface area (Å²) >= 11 is 0. The zero-order valence-electron chi connectivity index (χ0n) is 11.5. The van der Waals surface area contributed by atoms with E-state index in [9.17, 15) is 9.59 Å². The number of hydrogen-bond acceptors (Lipinski definition) is 2. The summed E-state index contributed by atoms with van der Waals surface area (Å²) in [6.45, 7) is 4.25. The first-order valence-corrected chi connectivity index (χ1v) is 6.15. The molecule has 0 aliphatic carbocycles. The Kier molecular flexibility index (Phi) is 5.30. The van der Waals surface area contributed by atoms with Gasteiger partial charge in [0.25, 0.3) is 0 Å². The van der Waals surface area contributed by atoms with Gasteiger partial charge in [-0.15, -0.1) is 0 Å². The van der Waals surface area contributed by atoms with Crippen molar-refractivity contribution in [3.05, 3.63) is 41.5 Å². The largest absolute Gasteiger partial charge is 0.478 e. The Labute approximate surface area is 113 Å². The molecule has 1 aromatic rings. The Morgan fingerprint density at radius 3 is 2.63 bits per heavy atom. The first-order valence-electron chi connectivity index (χ1n) is 6.15. The fourth-order valence-electron chi connectivity index (χ4n) is 1.76. The topological polar surface area (TPSA) is 57.6 Å². The molecule has 0 spiro atoms. The van der Waals surface area contributed by atoms with Gasteiger partial charge in [0.2, 0.25) is 5.91 Å². The number of carboxylic acids is 1. The average Bonchev–Trinajstić information content (AvgIpc) is 2.35. The van der Waals surface area contributed by atoms with Crippen LogP contribution in [0.2, 0.25) is 0 Å². The number of carbonyl (C=O) groups is 2. The minimum absolute atomic E-state index is 0.0277. The minimum atomic E-state index is -0.975. The van der Waals surface area contributed by atoms with E-state index in [1.54, 1.807) is 11.9 Å². The van der Waals surface area contributed by atoms with Gasteiger partial charge >= 0.3 is 5.97 Å². The van der Waals surface area contributed by atoms with Crippen molar-refractivity contribution >= 4 is 18.0 Å². The summed E-state index contributed by atoms with van der Waals surface area (Å²) in [7, 11) is 1.77. The van der Waals surface area contributed by atoms with Crippen molar-refractivity contribution in [1.82, 2.24) is 4.90 Å². The van der Waals surface area contributed by atoms with Gasteiger partial charge in [-0.3, -0.25) is 4.79 Å². The lowest BCUT2D eigenvalue weighted by Crippen LogP contribution is -2.29. The molecule has 0 atom stereocenters. The molecule has 102 valence electrons. The van der Waals surface area contributed by atoms with Gasteiger partial charge in [-0.05, 0) is 23.3 Å². The second-order valence-electron chi connectivity index (χ2n) is 4.77. The minimum Gasteiger partial charge on any atom is -0.478 e. The molecular formula is C15H19NO3. The van der Waals surface area contributed by atoms with Crippen molar-refractivity contribution in [2.75, 3.05) is 7.05 Å². The first-order chi connectivity index (χ1) is 8.90. The third kappa shape index (κ3) is 4.95. The molecular weight excluding hydrogens is 242 g/mol. The van der Waals surface area contributed by atoms with Crippen LogP contribution in [0.15, 0.2) is 30.3 Å². The Balaban J connectivity index is 2.77. The van der Waals surface area contributed by atoms with E-state index in [0.717, 1.165) is 17.2 Å². The van der Waals surface area contributed by atoms with Gasteiger partial charge in [-0.1, -0.05) is 32.0 Å². The lowest BCUT2D eigenvalue weighted by atomic mass is 10.1. The van der Waals surface area contributed by atoms with Crippen molar-refractivity contribution < 1.29 is 14.7 Å². The van der Waals surface area contributed by atoms with E-state index < -0.39 is 5.97 Å². The number of carboxylic acid groups (broad SMARTS) is 1. The summed E-state index contributed by atoms with van der Waals surface area (Å²) in [5.41, 5.74) is 1.79. The Morgan fingerprint density at radius 1 is 1.37 bits per heavy atom. The van der Waals surface area contributed by atoms with E-state index in [-0.39, 0.29) is 11.8 Å². The summed E-state index contributed by atoms with van der Waals surface area (Å²) in [4.78, 5) is 23.9. The van der Waals surface area contributed by atoms with Gasteiger partial charge in [0.1, 0.15) is 0 Å². The second-order valence-corrected chi connectivity index (χ2v) is 4.77. The summed E-state index contributed by atoms with van der Waals surface area (Å²) in [5.74, 6) is -0.913. The third-order valence-corrected chi connectivity index (χ3v) is 2.66. The van der Waals surface area contributed by atoms with Crippen molar-refractivity contribution in [1.29, 1.82) is 0 Å². The van der Waals surface area contributed by atoms with Crippen molar-refractivity contribution in [2.45, 2.75) is 20.4 Å². The van der Waals surface area contributed by atoms with E-state index in [2.05, 4.69) is 0 Å². The molecule has 1 N–H and O–H groups in total. The van der Waals surface area contributed by atoms with Crippen LogP contribution in [0.5, 0.6) is 0 Å². The summed E-state index contributed by atoms with van der Waals surface area (Å²) in [5, 5.41) is 8.58. The van der Waals surface area contributed by atoms with Crippen LogP contribution in [0.3, 0.4) is 0 Å². The number of benzene rings is 1. The maximum atomic E-state index is 11.8. The van der Waals surface area contributed by atoms with Gasteiger partial charge in [-0.25, -0.2) is 4.79 Å². The highest BCUT2D eigenvalue weighted by atomic mass is 16.4. The number of rotatable bonds is 5. The fraction of sp³-hybridized carbons (Fsp3) is 0.333. The number of nitrogens with zero attached hydrogens (tertiary/aromatic N) is 1. The molecule has 1 amide bonds. The number of carbonyl (C=O) groups excluding carboxylic acids is 1. The maximum Gasteiger partial charge on any atom is 0.328 e. The van der Waals surface area contributed by atoms with Crippen LogP contribution < -0.4 is 0 Å². The molecule has 0 aliphatic heterocycles. The van der Waals surface area contributed by atoms with Gasteiger partial charge in [0.05, 0.1) is 0 Å². The molecule has 0 heterocycles. The summed E-state index contributed by atoms with van der Waals surface area (Å²) < 4.78 is 0. The summed E-state index contributed by atoms with van der Waals surface area (Å²) in [6, 6.07) is 7.48. The van der Waals surface area contributed by atoms with Crippen LogP contribution in [0.4, 0.5) is 0 Å². The predicted molar refractivity (Wildman–Crippen MR) is 74.4 cm³/mol. The maximum absolute atomic E-state index is 11.8. The van der Waals surface area contributed by atoms with E-state index in [0.29, 0.717) is 6.54 Å². The number of aliphatic carboxylic acids is 1. The highest BCUT2D eigenvalue weighted by Gasteiger charge is 2.12. The lowest BCUT2D eigenvalue weighted by Gasteiger charge is -2.19. The first kappa shape index (κ1) is 15.0. The normalized spacial score (nSPS) is 10.9. The zero-order chi connectivity index (χ0) is 14.4. The Morgan fingerprint density at radius 2 is 2.05 bits per heavy atom. The van der Waals surface area contributed by atoms with Gasteiger partial charge in [0, 0.05) is 25.6 Å². The molecule has 0 radical (unpaired) electrons. The van der Waals surface area contributed by atoms with E-state index in [1.165, 1.54) is 6.08 Å². The fourth-order valence-corrected chi connectivity index (χ4v) is 1.76. The molecule has 4 nitrogen and oxygen atoms in total. The van der Waals surface area contributed by atoms with Crippen LogP contribution in [0, 0.1) is 5.92 Å². The SMILES string of the molecule is CC(C)C(=O)N(C)Cc1cccc(C=CC(=O)O)c1. The average molecular weight is 261 g/mol. The molecule has 0 aromatic heterocycles. The molecule has 0 saturated carbocycles. The molecule has 1 aromatic carbocycles. The second kappa shape index (κ2) is 6.73. The molecule has 0 saturated heterocycles. The van der Waals surface area contributed by atoms with Crippen LogP contribution in [-0.4, -0.2) is 28.9 Å². The predicted octanol–water partition coefficient (Wildman–Crippen LogP) is 2.40. The van der Waals surface area contributed by atoms with Crippen LogP contribution in [-0.2, 0) is 16.1 Å². The molecule has 0 aliphatic rings. The molecule has 4 heteroatoms. The Bertz CT molecular complexity index is 492. The molecule has 19 heavy (non-hydrogen) atoms. The highest BCUT2D eigenvalue weighted by Crippen LogP contribution is 2.11. The molecule has 0 unspecified atom stereocenters. The van der Waals surface area contributed by atoms with E-state index >= 15 is 0 Å². The molecule has 0 bridgehead atoms. The van der Waals surface area contributed by atoms with Gasteiger partial charge < -0.3 is 10.0 Å². The smallest absolute Gasteiger partial charge is 0.328 e. The van der Waals surface area contributed by atoms with Crippen LogP contribution in [0.25, 0.3) is 6.08 Å². The van der Waals surface area contributed by atoms with E-state index in [1.807, 2.05) is 38.1 Å². The lowest BCUT2D eigenvalue weighted by molar-refractivity contribution is -0.133. The van der Waals surface area contributed by atoms with Crippen molar-refractivity contribution in [2.24, 2.45) is 5.92 Å².